The van der Waals surface area contributed by atoms with Gasteiger partial charge in [-0.2, -0.15) is 0 Å². The molecule has 1 aromatic carbocycles. The van der Waals surface area contributed by atoms with Crippen molar-refractivity contribution in [2.45, 2.75) is 31.3 Å². The lowest BCUT2D eigenvalue weighted by Crippen LogP contribution is -2.43. The van der Waals surface area contributed by atoms with E-state index in [1.54, 1.807) is 11.9 Å². The maximum Gasteiger partial charge on any atom is 0.239 e. The lowest BCUT2D eigenvalue weighted by Gasteiger charge is -2.28. The fourth-order valence-corrected chi connectivity index (χ4v) is 3.50. The van der Waals surface area contributed by atoms with Crippen LogP contribution in [0.3, 0.4) is 0 Å². The van der Waals surface area contributed by atoms with Crippen LogP contribution in [0.15, 0.2) is 24.3 Å². The summed E-state index contributed by atoms with van der Waals surface area (Å²) in [6.45, 7) is 0. The van der Waals surface area contributed by atoms with Gasteiger partial charge in [0.05, 0.1) is 17.8 Å². The van der Waals surface area contributed by atoms with Crippen molar-refractivity contribution >= 4 is 15.7 Å². The number of likely N-dealkylation sites (N-methyl/N-ethyl adjacent to an activating group) is 1. The van der Waals surface area contributed by atoms with Gasteiger partial charge in [0.1, 0.15) is 9.84 Å². The molecule has 1 aromatic rings. The number of sulfone groups is 1. The second-order valence-electron chi connectivity index (χ2n) is 5.73. The highest BCUT2D eigenvalue weighted by atomic mass is 32.2. The highest BCUT2D eigenvalue weighted by molar-refractivity contribution is 7.90. The summed E-state index contributed by atoms with van der Waals surface area (Å²) in [6, 6.07) is 7.37. The molecule has 0 spiro atoms. The van der Waals surface area contributed by atoms with Crippen LogP contribution in [0, 0.1) is 0 Å². The standard InChI is InChI=1S/C15H22N2O3S/c1-17(15(18)13(16)9-10-21(2,19)20)14-8-7-11-5-3-4-6-12(11)14/h3-6,13-14H,7-10,16H2,1-2H3. The van der Waals surface area contributed by atoms with Gasteiger partial charge in [0.15, 0.2) is 0 Å². The van der Waals surface area contributed by atoms with Crippen LogP contribution in [-0.2, 0) is 21.1 Å². The Kier molecular flexibility index (Phi) is 4.68. The van der Waals surface area contributed by atoms with Crippen molar-refractivity contribution in [2.75, 3.05) is 19.1 Å². The van der Waals surface area contributed by atoms with Crippen molar-refractivity contribution in [3.63, 3.8) is 0 Å². The van der Waals surface area contributed by atoms with Crippen molar-refractivity contribution < 1.29 is 13.2 Å². The van der Waals surface area contributed by atoms with Gasteiger partial charge in [-0.1, -0.05) is 24.3 Å². The molecule has 0 fully saturated rings. The molecule has 0 bridgehead atoms. The SMILES string of the molecule is CN(C(=O)C(N)CCS(C)(=O)=O)C1CCc2ccccc21. The first-order valence-electron chi connectivity index (χ1n) is 7.07. The minimum absolute atomic E-state index is 0.0398. The third-order valence-corrected chi connectivity index (χ3v) is 5.01. The topological polar surface area (TPSA) is 80.5 Å². The summed E-state index contributed by atoms with van der Waals surface area (Å²) in [4.78, 5) is 14.0. The summed E-state index contributed by atoms with van der Waals surface area (Å²) in [5, 5.41) is 0. The number of rotatable bonds is 5. The normalized spacial score (nSPS) is 19.1. The summed E-state index contributed by atoms with van der Waals surface area (Å²) < 4.78 is 22.3. The molecule has 0 aromatic heterocycles. The molecule has 2 rings (SSSR count). The molecule has 0 radical (unpaired) electrons. The Bertz CT molecular complexity index is 628. The van der Waals surface area contributed by atoms with Gasteiger partial charge in [0.2, 0.25) is 5.91 Å². The number of carbonyl (C=O) groups is 1. The van der Waals surface area contributed by atoms with E-state index in [0.29, 0.717) is 0 Å². The average Bonchev–Trinajstić information content (AvgIpc) is 2.86. The highest BCUT2D eigenvalue weighted by Crippen LogP contribution is 2.34. The third kappa shape index (κ3) is 3.83. The van der Waals surface area contributed by atoms with E-state index in [1.807, 2.05) is 18.2 Å². The zero-order valence-corrected chi connectivity index (χ0v) is 13.3. The van der Waals surface area contributed by atoms with E-state index in [-0.39, 0.29) is 24.1 Å². The maximum atomic E-state index is 12.4. The Hall–Kier alpha value is -1.40. The first-order valence-corrected chi connectivity index (χ1v) is 9.13. The van der Waals surface area contributed by atoms with Crippen LogP contribution < -0.4 is 5.73 Å². The second kappa shape index (κ2) is 6.15. The number of amides is 1. The second-order valence-corrected chi connectivity index (χ2v) is 7.99. The molecule has 5 nitrogen and oxygen atoms in total. The lowest BCUT2D eigenvalue weighted by molar-refractivity contribution is -0.133. The predicted molar refractivity (Wildman–Crippen MR) is 82.6 cm³/mol. The van der Waals surface area contributed by atoms with Crippen LogP contribution in [-0.4, -0.2) is 44.3 Å². The minimum atomic E-state index is -3.10. The number of hydrogen-bond acceptors (Lipinski definition) is 4. The van der Waals surface area contributed by atoms with Gasteiger partial charge in [-0.05, 0) is 30.4 Å². The molecular formula is C15H22N2O3S. The Morgan fingerprint density at radius 1 is 1.43 bits per heavy atom. The number of carbonyl (C=O) groups excluding carboxylic acids is 1. The van der Waals surface area contributed by atoms with Crippen LogP contribution in [0.25, 0.3) is 0 Å². The maximum absolute atomic E-state index is 12.4. The summed E-state index contributed by atoms with van der Waals surface area (Å²) in [6.07, 6.45) is 3.16. The van der Waals surface area contributed by atoms with Gasteiger partial charge in [-0.15, -0.1) is 0 Å². The number of aryl methyl sites for hydroxylation is 1. The zero-order chi connectivity index (χ0) is 15.6. The van der Waals surface area contributed by atoms with Crippen molar-refractivity contribution in [3.8, 4) is 0 Å². The molecule has 0 heterocycles. The molecule has 1 aliphatic carbocycles. The van der Waals surface area contributed by atoms with Crippen LogP contribution in [0.1, 0.15) is 30.0 Å². The van der Waals surface area contributed by atoms with E-state index in [1.165, 1.54) is 11.1 Å². The largest absolute Gasteiger partial charge is 0.337 e. The van der Waals surface area contributed by atoms with E-state index < -0.39 is 15.9 Å². The van der Waals surface area contributed by atoms with E-state index in [4.69, 9.17) is 5.73 Å². The molecule has 116 valence electrons. The number of hydrogen-bond donors (Lipinski definition) is 1. The quantitative estimate of drug-likeness (QED) is 0.876. The van der Waals surface area contributed by atoms with Crippen molar-refractivity contribution in [2.24, 2.45) is 5.73 Å². The van der Waals surface area contributed by atoms with E-state index >= 15 is 0 Å². The minimum Gasteiger partial charge on any atom is -0.337 e. The molecule has 2 N–H and O–H groups in total. The van der Waals surface area contributed by atoms with Crippen molar-refractivity contribution in [1.29, 1.82) is 0 Å². The third-order valence-electron chi connectivity index (χ3n) is 4.03. The van der Waals surface area contributed by atoms with E-state index in [2.05, 4.69) is 6.07 Å². The molecule has 1 amide bonds. The first-order chi connectivity index (χ1) is 9.79. The van der Waals surface area contributed by atoms with Gasteiger partial charge < -0.3 is 10.6 Å². The van der Waals surface area contributed by atoms with Gasteiger partial charge in [0.25, 0.3) is 0 Å². The van der Waals surface area contributed by atoms with Crippen LogP contribution in [0.4, 0.5) is 0 Å². The average molecular weight is 310 g/mol. The number of nitrogens with two attached hydrogens (primary N) is 1. The van der Waals surface area contributed by atoms with E-state index in [9.17, 15) is 13.2 Å². The van der Waals surface area contributed by atoms with Gasteiger partial charge in [-0.3, -0.25) is 4.79 Å². The molecule has 2 atom stereocenters. The molecule has 1 aliphatic rings. The van der Waals surface area contributed by atoms with Crippen molar-refractivity contribution in [1.82, 2.24) is 4.90 Å². The highest BCUT2D eigenvalue weighted by Gasteiger charge is 2.30. The van der Waals surface area contributed by atoms with Crippen LogP contribution in [0.5, 0.6) is 0 Å². The van der Waals surface area contributed by atoms with Gasteiger partial charge in [0, 0.05) is 13.3 Å². The van der Waals surface area contributed by atoms with Gasteiger partial charge >= 0.3 is 0 Å². The Balaban J connectivity index is 2.03. The summed E-state index contributed by atoms with van der Waals surface area (Å²) in [5.74, 6) is -0.255. The molecular weight excluding hydrogens is 288 g/mol. The van der Waals surface area contributed by atoms with Crippen LogP contribution >= 0.6 is 0 Å². The smallest absolute Gasteiger partial charge is 0.239 e. The molecule has 6 heteroatoms. The molecule has 0 saturated heterocycles. The first kappa shape index (κ1) is 16.0. The lowest BCUT2D eigenvalue weighted by atomic mass is 10.1. The molecule has 0 aliphatic heterocycles. The summed E-state index contributed by atoms with van der Waals surface area (Å²) >= 11 is 0. The number of fused-ring (bicyclic) bond motifs is 1. The van der Waals surface area contributed by atoms with Gasteiger partial charge in [-0.25, -0.2) is 8.42 Å². The summed E-state index contributed by atoms with van der Waals surface area (Å²) in [7, 11) is -1.35. The summed E-state index contributed by atoms with van der Waals surface area (Å²) in [5.41, 5.74) is 8.30. The van der Waals surface area contributed by atoms with Crippen LogP contribution in [0.2, 0.25) is 0 Å². The fraction of sp³-hybridized carbons (Fsp3) is 0.533. The van der Waals surface area contributed by atoms with E-state index in [0.717, 1.165) is 19.1 Å². The molecule has 21 heavy (non-hydrogen) atoms. The predicted octanol–water partition coefficient (Wildman–Crippen LogP) is 0.894. The monoisotopic (exact) mass is 310 g/mol. The Morgan fingerprint density at radius 3 is 2.76 bits per heavy atom. The number of nitrogens with zero attached hydrogens (tertiary/aromatic N) is 1. The number of benzene rings is 1. The Morgan fingerprint density at radius 2 is 2.10 bits per heavy atom. The zero-order valence-electron chi connectivity index (χ0n) is 12.5. The molecule has 2 unspecified atom stereocenters. The fourth-order valence-electron chi connectivity index (χ4n) is 2.82. The molecule has 0 saturated carbocycles. The van der Waals surface area contributed by atoms with Crippen molar-refractivity contribution in [3.05, 3.63) is 35.4 Å². The Labute approximate surface area is 126 Å².